The molecule has 3 aliphatic rings. The highest BCUT2D eigenvalue weighted by atomic mass is 16.6. The number of H-pyrrole nitrogens is 1. The largest absolute Gasteiger partial charge is 0.445 e. The quantitative estimate of drug-likeness (QED) is 0.0957. The minimum atomic E-state index is -1.45. The Hall–Kier alpha value is -6.45. The molecule has 0 radical (unpaired) electrons. The Kier molecular flexibility index (Phi) is 14.2. The number of hydrogen-bond acceptors (Lipinski definition) is 14. The fourth-order valence-corrected chi connectivity index (χ4v) is 7.40. The lowest BCUT2D eigenvalue weighted by molar-refractivity contribution is -0.173. The van der Waals surface area contributed by atoms with Crippen molar-refractivity contribution in [2.24, 2.45) is 5.92 Å². The number of ether oxygens (including phenoxy) is 2. The molecule has 2 aromatic heterocycles. The maximum absolute atomic E-state index is 13.5. The van der Waals surface area contributed by atoms with Crippen LogP contribution in [-0.4, -0.2) is 138 Å². The van der Waals surface area contributed by atoms with Crippen LogP contribution in [0.25, 0.3) is 11.0 Å². The summed E-state index contributed by atoms with van der Waals surface area (Å²) in [5.74, 6) is -3.21. The van der Waals surface area contributed by atoms with Crippen LogP contribution in [0, 0.1) is 12.8 Å². The second-order valence-electron chi connectivity index (χ2n) is 15.9. The van der Waals surface area contributed by atoms with Crippen molar-refractivity contribution in [3.63, 3.8) is 0 Å². The summed E-state index contributed by atoms with van der Waals surface area (Å²) >= 11 is 0. The molecule has 0 bridgehead atoms. The predicted molar refractivity (Wildman–Crippen MR) is 220 cm³/mol. The van der Waals surface area contributed by atoms with Crippen LogP contribution < -0.4 is 26.6 Å². The highest BCUT2D eigenvalue weighted by Gasteiger charge is 2.45. The second-order valence-corrected chi connectivity index (χ2v) is 15.9. The molecule has 0 spiro atoms. The van der Waals surface area contributed by atoms with Crippen molar-refractivity contribution in [1.29, 1.82) is 0 Å². The van der Waals surface area contributed by atoms with Crippen molar-refractivity contribution in [3.8, 4) is 0 Å². The van der Waals surface area contributed by atoms with Gasteiger partial charge in [0.1, 0.15) is 48.8 Å². The third-order valence-electron chi connectivity index (χ3n) is 10.9. The zero-order chi connectivity index (χ0) is 44.8. The number of aryl methyl sites for hydroxylation is 1. The van der Waals surface area contributed by atoms with Gasteiger partial charge in [-0.1, -0.05) is 26.0 Å². The molecule has 3 aliphatic heterocycles. The number of carbonyl (C=O) groups is 7. The van der Waals surface area contributed by atoms with Gasteiger partial charge in [-0.3, -0.25) is 38.6 Å². The Morgan fingerprint density at radius 2 is 1.69 bits per heavy atom. The van der Waals surface area contributed by atoms with E-state index in [1.807, 2.05) is 13.0 Å². The summed E-state index contributed by atoms with van der Waals surface area (Å²) in [4.78, 5) is 103. The van der Waals surface area contributed by atoms with Crippen LogP contribution in [0.3, 0.4) is 0 Å². The Morgan fingerprint density at radius 1 is 0.984 bits per heavy atom. The fourth-order valence-electron chi connectivity index (χ4n) is 7.40. The molecule has 8 N–H and O–H groups in total. The number of benzene rings is 1. The van der Waals surface area contributed by atoms with Crippen LogP contribution in [0.1, 0.15) is 58.2 Å². The number of likely N-dealkylation sites (tertiary alicyclic amines) is 1. The van der Waals surface area contributed by atoms with E-state index < -0.39 is 90.2 Å². The first kappa shape index (κ1) is 45.1. The Labute approximate surface area is 356 Å². The number of amides is 7. The maximum atomic E-state index is 13.5. The monoisotopic (exact) mass is 860 g/mol. The Bertz CT molecular complexity index is 2190. The van der Waals surface area contributed by atoms with Crippen molar-refractivity contribution in [2.45, 2.75) is 109 Å². The average Bonchev–Trinajstić information content (AvgIpc) is 3.97. The summed E-state index contributed by atoms with van der Waals surface area (Å²) < 4.78 is 11.5. The number of aliphatic hydroxyl groups is 2. The van der Waals surface area contributed by atoms with Crippen LogP contribution >= 0.6 is 0 Å². The number of anilines is 2. The van der Waals surface area contributed by atoms with Crippen molar-refractivity contribution >= 4 is 64.1 Å². The molecule has 3 aromatic rings. The molecule has 0 aliphatic carbocycles. The van der Waals surface area contributed by atoms with E-state index in [1.54, 1.807) is 45.0 Å². The van der Waals surface area contributed by atoms with Crippen LogP contribution in [0.2, 0.25) is 0 Å². The van der Waals surface area contributed by atoms with Crippen molar-refractivity contribution < 1.29 is 53.2 Å². The van der Waals surface area contributed by atoms with Gasteiger partial charge in [0.15, 0.2) is 12.0 Å². The summed E-state index contributed by atoms with van der Waals surface area (Å²) in [5.41, 5.74) is 3.11. The molecule has 2 saturated heterocycles. The molecule has 0 saturated carbocycles. The first-order valence-corrected chi connectivity index (χ1v) is 20.4. The van der Waals surface area contributed by atoms with Gasteiger partial charge in [-0.25, -0.2) is 14.8 Å². The van der Waals surface area contributed by atoms with Gasteiger partial charge in [-0.05, 0) is 63.3 Å². The van der Waals surface area contributed by atoms with E-state index in [-0.39, 0.29) is 32.0 Å². The van der Waals surface area contributed by atoms with E-state index in [2.05, 4.69) is 41.5 Å². The molecule has 8 atom stereocenters. The highest BCUT2D eigenvalue weighted by molar-refractivity contribution is 6.13. The minimum absolute atomic E-state index is 0.137. The van der Waals surface area contributed by atoms with Crippen LogP contribution in [0.5, 0.6) is 0 Å². The van der Waals surface area contributed by atoms with Gasteiger partial charge < -0.3 is 51.3 Å². The number of imide groups is 1. The molecule has 332 valence electrons. The third kappa shape index (κ3) is 10.5. The molecule has 5 heterocycles. The van der Waals surface area contributed by atoms with Gasteiger partial charge in [0, 0.05) is 43.0 Å². The number of rotatable bonds is 15. The molecule has 21 nitrogen and oxygen atoms in total. The Morgan fingerprint density at radius 3 is 2.39 bits per heavy atom. The van der Waals surface area contributed by atoms with Crippen molar-refractivity contribution in [3.05, 3.63) is 60.1 Å². The molecule has 6 rings (SSSR count). The first-order valence-electron chi connectivity index (χ1n) is 20.4. The first-order chi connectivity index (χ1) is 29.5. The van der Waals surface area contributed by atoms with Crippen LogP contribution in [-0.2, 0) is 44.8 Å². The van der Waals surface area contributed by atoms with E-state index in [1.165, 1.54) is 18.2 Å². The van der Waals surface area contributed by atoms with Gasteiger partial charge in [0.2, 0.25) is 23.6 Å². The normalized spacial score (nSPS) is 23.3. The molecular weight excluding hydrogens is 809 g/mol. The van der Waals surface area contributed by atoms with Gasteiger partial charge in [-0.15, -0.1) is 0 Å². The zero-order valence-electron chi connectivity index (χ0n) is 34.9. The lowest BCUT2D eigenvalue weighted by atomic mass is 9.95. The zero-order valence-corrected chi connectivity index (χ0v) is 34.9. The number of hydrogen-bond donors (Lipinski definition) is 8. The van der Waals surface area contributed by atoms with E-state index in [0.717, 1.165) is 22.7 Å². The molecule has 1 aromatic carbocycles. The van der Waals surface area contributed by atoms with Gasteiger partial charge in [0.05, 0.1) is 17.7 Å². The van der Waals surface area contributed by atoms with Gasteiger partial charge in [-0.2, -0.15) is 0 Å². The molecule has 0 unspecified atom stereocenters. The average molecular weight is 861 g/mol. The van der Waals surface area contributed by atoms with E-state index in [4.69, 9.17) is 9.47 Å². The molecule has 7 amide bonds. The summed E-state index contributed by atoms with van der Waals surface area (Å²) in [7, 11) is 0. The van der Waals surface area contributed by atoms with Gasteiger partial charge in [0.25, 0.3) is 11.8 Å². The lowest BCUT2D eigenvalue weighted by Crippen LogP contribution is -2.65. The number of aromatic nitrogens is 3. The van der Waals surface area contributed by atoms with E-state index >= 15 is 0 Å². The smallest absolute Gasteiger partial charge is 0.410 e. The van der Waals surface area contributed by atoms with Crippen molar-refractivity contribution in [2.75, 3.05) is 23.7 Å². The molecule has 21 heteroatoms. The van der Waals surface area contributed by atoms with Gasteiger partial charge >= 0.3 is 6.09 Å². The number of aromatic amines is 1. The minimum Gasteiger partial charge on any atom is -0.445 e. The molecular formula is C41H52N10O11. The standard InChI is InChI=1S/C41H52N10O11/c1-20(2)31(47-28(52)14-16-51-29(53)12-13-30(51)54)39(59)45-22(4)37(57)46-25-10-8-24(9-11-25)18-61-41(60)50-15-6-7-27(50)38(58)48-32-23(5)62-40(35(56)34(32)55)49-36-33-26(42-19-43-36)17-21(3)44-33/h8-13,17,19-20,22-23,27,31-32,34-35,40,44,55-56H,6-7,14-16,18H2,1-5H3,(H,45,59)(H,46,57)(H,47,52)(H,48,58)(H,42,43,49)/t22-,23-,27+,31-,32-,34+,35-,40-/m0/s1. The van der Waals surface area contributed by atoms with E-state index in [9.17, 15) is 43.8 Å². The number of fused-ring (bicyclic) bond motifs is 1. The second kappa shape index (κ2) is 19.5. The molecule has 62 heavy (non-hydrogen) atoms. The third-order valence-corrected chi connectivity index (χ3v) is 10.9. The fraction of sp³-hybridized carbons (Fsp3) is 0.488. The summed E-state index contributed by atoms with van der Waals surface area (Å²) in [5, 5.41) is 35.8. The number of aliphatic hydroxyl groups excluding tert-OH is 2. The topological polar surface area (TPSA) is 287 Å². The predicted octanol–water partition coefficient (Wildman–Crippen LogP) is 0.330. The van der Waals surface area contributed by atoms with E-state index in [0.29, 0.717) is 40.9 Å². The van der Waals surface area contributed by atoms with Crippen molar-refractivity contribution in [1.82, 2.24) is 40.7 Å². The lowest BCUT2D eigenvalue weighted by Gasteiger charge is -2.42. The number of nitrogens with zero attached hydrogens (tertiary/aromatic N) is 4. The number of carbonyl (C=O) groups excluding carboxylic acids is 7. The Balaban J connectivity index is 0.940. The molecule has 2 fully saturated rings. The summed E-state index contributed by atoms with van der Waals surface area (Å²) in [6.45, 7) is 8.43. The highest BCUT2D eigenvalue weighted by Crippen LogP contribution is 2.27. The summed E-state index contributed by atoms with van der Waals surface area (Å²) in [6, 6.07) is 4.43. The summed E-state index contributed by atoms with van der Waals surface area (Å²) in [6.07, 6.45) is -1.09. The maximum Gasteiger partial charge on any atom is 0.410 e. The van der Waals surface area contributed by atoms with Crippen LogP contribution in [0.15, 0.2) is 48.8 Å². The number of nitrogens with one attached hydrogen (secondary N) is 6. The SMILES string of the molecule is Cc1cc2ncnc(N[C@H]3O[C@@H](C)[C@H](NC(=O)[C@H]4CCCN4C(=O)OCc4ccc(NC(=O)[C@H](C)NC(=O)[C@@H](NC(=O)CCN5C(=O)C=CC5=O)C(C)C)cc4)[C@@H](O)[C@@H]3O)c2[nH]1. The van der Waals surface area contributed by atoms with Crippen LogP contribution in [0.4, 0.5) is 16.3 Å².